The Morgan fingerprint density at radius 1 is 0.895 bits per heavy atom. The summed E-state index contributed by atoms with van der Waals surface area (Å²) in [6.07, 6.45) is 2.50. The lowest BCUT2D eigenvalue weighted by Crippen LogP contribution is -2.35. The Bertz CT molecular complexity index is 1550. The number of hydrogen-bond donors (Lipinski definition) is 3. The summed E-state index contributed by atoms with van der Waals surface area (Å²) < 4.78 is 19.2. The van der Waals surface area contributed by atoms with E-state index in [1.54, 1.807) is 49.6 Å². The van der Waals surface area contributed by atoms with Crippen LogP contribution in [0.5, 0.6) is 11.5 Å². The van der Waals surface area contributed by atoms with Gasteiger partial charge in [0.2, 0.25) is 11.8 Å². The van der Waals surface area contributed by atoms with Crippen LogP contribution in [-0.4, -0.2) is 29.8 Å². The van der Waals surface area contributed by atoms with Gasteiger partial charge in [0, 0.05) is 35.6 Å². The second-order valence-electron chi connectivity index (χ2n) is 9.20. The standard InChI is InChI=1S/C29H25FN4O4/c1-17-15-24-23(16-22(17)26(35)31-2)25(11-14-32-24)38-21-9-7-20(8-10-21)34-28(37)29(12-13-29)27(36)33-19-5-3-18(30)4-6-19/h3-11,14-16H,12-13H2,1-2H3,(H,31,35)(H,33,36)(H,34,37). The second-order valence-corrected chi connectivity index (χ2v) is 9.20. The summed E-state index contributed by atoms with van der Waals surface area (Å²) in [6.45, 7) is 1.85. The van der Waals surface area contributed by atoms with E-state index in [-0.39, 0.29) is 5.91 Å². The molecule has 5 rings (SSSR count). The Labute approximate surface area is 218 Å². The summed E-state index contributed by atoms with van der Waals surface area (Å²) in [5.41, 5.74) is 1.83. The van der Waals surface area contributed by atoms with Crippen molar-refractivity contribution in [3.8, 4) is 11.5 Å². The zero-order chi connectivity index (χ0) is 26.9. The molecule has 1 fully saturated rings. The van der Waals surface area contributed by atoms with E-state index in [1.165, 1.54) is 24.3 Å². The van der Waals surface area contributed by atoms with Crippen molar-refractivity contribution < 1.29 is 23.5 Å². The summed E-state index contributed by atoms with van der Waals surface area (Å²) in [5.74, 6) is -0.367. The minimum atomic E-state index is -1.15. The molecule has 1 saturated carbocycles. The molecule has 3 N–H and O–H groups in total. The third-order valence-corrected chi connectivity index (χ3v) is 6.58. The van der Waals surface area contributed by atoms with Crippen LogP contribution in [-0.2, 0) is 9.59 Å². The molecule has 1 heterocycles. The van der Waals surface area contributed by atoms with Gasteiger partial charge in [0.1, 0.15) is 22.7 Å². The molecule has 3 aromatic carbocycles. The van der Waals surface area contributed by atoms with E-state index in [9.17, 15) is 18.8 Å². The van der Waals surface area contributed by atoms with Gasteiger partial charge in [-0.3, -0.25) is 19.4 Å². The molecular formula is C29H25FN4O4. The Balaban J connectivity index is 1.28. The summed E-state index contributed by atoms with van der Waals surface area (Å²) in [5, 5.41) is 8.83. The number of amides is 3. The Morgan fingerprint density at radius 2 is 1.50 bits per heavy atom. The number of nitrogens with one attached hydrogen (secondary N) is 3. The van der Waals surface area contributed by atoms with Gasteiger partial charge in [-0.05, 0) is 92.1 Å². The van der Waals surface area contributed by atoms with E-state index in [1.807, 2.05) is 13.0 Å². The predicted molar refractivity (Wildman–Crippen MR) is 142 cm³/mol. The quantitative estimate of drug-likeness (QED) is 0.295. The number of pyridine rings is 1. The van der Waals surface area contributed by atoms with Crippen LogP contribution in [0.3, 0.4) is 0 Å². The number of carbonyl (C=O) groups excluding carboxylic acids is 3. The molecule has 0 atom stereocenters. The van der Waals surface area contributed by atoms with Gasteiger partial charge in [-0.25, -0.2) is 4.39 Å². The third-order valence-electron chi connectivity index (χ3n) is 6.58. The van der Waals surface area contributed by atoms with Crippen LogP contribution in [0.2, 0.25) is 0 Å². The molecule has 192 valence electrons. The fourth-order valence-electron chi connectivity index (χ4n) is 4.19. The lowest BCUT2D eigenvalue weighted by Gasteiger charge is -2.16. The number of anilines is 2. The summed E-state index contributed by atoms with van der Waals surface area (Å²) in [6, 6.07) is 17.5. The van der Waals surface area contributed by atoms with E-state index < -0.39 is 23.0 Å². The van der Waals surface area contributed by atoms with Crippen molar-refractivity contribution in [3.05, 3.63) is 89.9 Å². The first-order chi connectivity index (χ1) is 18.3. The van der Waals surface area contributed by atoms with Gasteiger partial charge in [0.25, 0.3) is 5.91 Å². The summed E-state index contributed by atoms with van der Waals surface area (Å²) in [4.78, 5) is 42.3. The molecule has 9 heteroatoms. The predicted octanol–water partition coefficient (Wildman–Crippen LogP) is 5.19. The van der Waals surface area contributed by atoms with E-state index in [2.05, 4.69) is 20.9 Å². The molecule has 0 saturated heterocycles. The molecule has 1 aliphatic carbocycles. The lowest BCUT2D eigenvalue weighted by molar-refractivity contribution is -0.131. The van der Waals surface area contributed by atoms with Crippen molar-refractivity contribution in [2.45, 2.75) is 19.8 Å². The minimum absolute atomic E-state index is 0.195. The fraction of sp³-hybridized carbons (Fsp3) is 0.172. The number of nitrogens with zero attached hydrogens (tertiary/aromatic N) is 1. The molecule has 0 radical (unpaired) electrons. The van der Waals surface area contributed by atoms with E-state index in [0.29, 0.717) is 52.2 Å². The number of rotatable bonds is 7. The van der Waals surface area contributed by atoms with Crippen LogP contribution in [0.1, 0.15) is 28.8 Å². The molecule has 4 aromatic rings. The number of halogens is 1. The number of fused-ring (bicyclic) bond motifs is 1. The number of aryl methyl sites for hydroxylation is 1. The molecular weight excluding hydrogens is 487 g/mol. The van der Waals surface area contributed by atoms with Crippen molar-refractivity contribution in [3.63, 3.8) is 0 Å². The average Bonchev–Trinajstić information content (AvgIpc) is 3.73. The van der Waals surface area contributed by atoms with Crippen molar-refractivity contribution in [1.82, 2.24) is 10.3 Å². The Hall–Kier alpha value is -4.79. The maximum absolute atomic E-state index is 13.1. The molecule has 0 aliphatic heterocycles. The lowest BCUT2D eigenvalue weighted by atomic mass is 10.0. The van der Waals surface area contributed by atoms with Crippen LogP contribution in [0.25, 0.3) is 10.9 Å². The highest BCUT2D eigenvalue weighted by Crippen LogP contribution is 2.47. The van der Waals surface area contributed by atoms with Crippen LogP contribution in [0.15, 0.2) is 72.9 Å². The molecule has 0 spiro atoms. The summed E-state index contributed by atoms with van der Waals surface area (Å²) in [7, 11) is 1.58. The summed E-state index contributed by atoms with van der Waals surface area (Å²) >= 11 is 0. The Kier molecular flexibility index (Phi) is 6.50. The number of carbonyl (C=O) groups is 3. The highest BCUT2D eigenvalue weighted by molar-refractivity contribution is 6.16. The van der Waals surface area contributed by atoms with Crippen molar-refractivity contribution in [2.24, 2.45) is 5.41 Å². The smallest absolute Gasteiger partial charge is 0.251 e. The number of benzene rings is 3. The minimum Gasteiger partial charge on any atom is -0.457 e. The van der Waals surface area contributed by atoms with Crippen LogP contribution < -0.4 is 20.7 Å². The van der Waals surface area contributed by atoms with E-state index >= 15 is 0 Å². The fourth-order valence-corrected chi connectivity index (χ4v) is 4.19. The van der Waals surface area contributed by atoms with Crippen molar-refractivity contribution >= 4 is 40.0 Å². The first kappa shape index (κ1) is 24.9. The van der Waals surface area contributed by atoms with Gasteiger partial charge < -0.3 is 20.7 Å². The monoisotopic (exact) mass is 512 g/mol. The van der Waals surface area contributed by atoms with Gasteiger partial charge in [0.15, 0.2) is 0 Å². The zero-order valence-corrected chi connectivity index (χ0v) is 20.8. The van der Waals surface area contributed by atoms with Crippen molar-refractivity contribution in [2.75, 3.05) is 17.7 Å². The third kappa shape index (κ3) is 4.90. The zero-order valence-electron chi connectivity index (χ0n) is 20.8. The van der Waals surface area contributed by atoms with E-state index in [4.69, 9.17) is 4.74 Å². The normalized spacial score (nSPS) is 13.4. The van der Waals surface area contributed by atoms with Gasteiger partial charge >= 0.3 is 0 Å². The number of hydrogen-bond acceptors (Lipinski definition) is 5. The van der Waals surface area contributed by atoms with Crippen LogP contribution in [0.4, 0.5) is 15.8 Å². The van der Waals surface area contributed by atoms with Crippen molar-refractivity contribution in [1.29, 1.82) is 0 Å². The number of ether oxygens (including phenoxy) is 1. The molecule has 3 amide bonds. The SMILES string of the molecule is CNC(=O)c1cc2c(Oc3ccc(NC(=O)C4(C(=O)Nc5ccc(F)cc5)CC4)cc3)ccnc2cc1C. The Morgan fingerprint density at radius 3 is 2.08 bits per heavy atom. The topological polar surface area (TPSA) is 109 Å². The highest BCUT2D eigenvalue weighted by atomic mass is 19.1. The maximum atomic E-state index is 13.1. The largest absolute Gasteiger partial charge is 0.457 e. The van der Waals surface area contributed by atoms with Gasteiger partial charge in [-0.2, -0.15) is 0 Å². The second kappa shape index (κ2) is 9.93. The van der Waals surface area contributed by atoms with E-state index in [0.717, 1.165) is 5.56 Å². The van der Waals surface area contributed by atoms with Gasteiger partial charge in [0.05, 0.1) is 5.52 Å². The molecule has 38 heavy (non-hydrogen) atoms. The maximum Gasteiger partial charge on any atom is 0.251 e. The average molecular weight is 513 g/mol. The first-order valence-corrected chi connectivity index (χ1v) is 12.1. The molecule has 0 bridgehead atoms. The molecule has 8 nitrogen and oxygen atoms in total. The van der Waals surface area contributed by atoms with Gasteiger partial charge in [-0.1, -0.05) is 0 Å². The molecule has 1 aliphatic rings. The molecule has 0 unspecified atom stereocenters. The highest BCUT2D eigenvalue weighted by Gasteiger charge is 2.56. The molecule has 1 aromatic heterocycles. The van der Waals surface area contributed by atoms with Gasteiger partial charge in [-0.15, -0.1) is 0 Å². The van der Waals surface area contributed by atoms with Crippen LogP contribution >= 0.6 is 0 Å². The number of aromatic nitrogens is 1. The van der Waals surface area contributed by atoms with Crippen LogP contribution in [0, 0.1) is 18.2 Å². The first-order valence-electron chi connectivity index (χ1n) is 12.1.